The van der Waals surface area contributed by atoms with Crippen molar-refractivity contribution in [3.05, 3.63) is 89.9 Å². The fourth-order valence-corrected chi connectivity index (χ4v) is 4.11. The van der Waals surface area contributed by atoms with Crippen LogP contribution in [0.5, 0.6) is 11.5 Å². The van der Waals surface area contributed by atoms with E-state index in [1.165, 1.54) is 4.90 Å². The van der Waals surface area contributed by atoms with Crippen molar-refractivity contribution in [2.75, 3.05) is 32.2 Å². The molecule has 4 rings (SSSR count). The van der Waals surface area contributed by atoms with Gasteiger partial charge in [0.2, 0.25) is 0 Å². The Morgan fingerprint density at radius 3 is 2.24 bits per heavy atom. The summed E-state index contributed by atoms with van der Waals surface area (Å²) in [6.07, 6.45) is 4.21. The van der Waals surface area contributed by atoms with E-state index in [1.807, 2.05) is 42.2 Å². The number of carbonyl (C=O) groups excluding carboxylic acids is 2. The fraction of sp³-hybridized carbons (Fsp3) is 0.222. The summed E-state index contributed by atoms with van der Waals surface area (Å²) in [6, 6.07) is 18.1. The second-order valence-electron chi connectivity index (χ2n) is 7.75. The standard InChI is InChI=1S/C27H27N3O4/c1-4-29(18-15-19-13-16-28-17-14-19)25-24(22-7-5-6-8-23(22)34-3)26(31)30(27(25)32)20-9-11-21(33-2)12-10-20/h5-14,16-17H,4,15,18H2,1-3H3. The van der Waals surface area contributed by atoms with E-state index in [0.717, 1.165) is 5.56 Å². The molecule has 1 aliphatic rings. The first-order valence-corrected chi connectivity index (χ1v) is 11.1. The molecule has 0 unspecified atom stereocenters. The number of aromatic nitrogens is 1. The maximum atomic E-state index is 13.8. The molecule has 34 heavy (non-hydrogen) atoms. The molecule has 0 saturated heterocycles. The van der Waals surface area contributed by atoms with E-state index in [0.29, 0.717) is 53.5 Å². The molecular formula is C27H27N3O4. The number of hydrogen-bond acceptors (Lipinski definition) is 6. The van der Waals surface area contributed by atoms with Gasteiger partial charge in [0.05, 0.1) is 25.5 Å². The highest BCUT2D eigenvalue weighted by molar-refractivity contribution is 6.45. The first-order chi connectivity index (χ1) is 16.6. The number of nitrogens with zero attached hydrogens (tertiary/aromatic N) is 3. The van der Waals surface area contributed by atoms with Crippen molar-refractivity contribution in [1.82, 2.24) is 9.88 Å². The van der Waals surface area contributed by atoms with Crippen LogP contribution in [0.2, 0.25) is 0 Å². The molecule has 174 valence electrons. The van der Waals surface area contributed by atoms with Crippen LogP contribution in [-0.4, -0.2) is 49.0 Å². The number of hydrogen-bond donors (Lipinski definition) is 0. The Hall–Kier alpha value is -4.13. The zero-order valence-electron chi connectivity index (χ0n) is 19.5. The first kappa shape index (κ1) is 23.0. The van der Waals surface area contributed by atoms with Crippen LogP contribution >= 0.6 is 0 Å². The zero-order valence-corrected chi connectivity index (χ0v) is 19.5. The first-order valence-electron chi connectivity index (χ1n) is 11.1. The van der Waals surface area contributed by atoms with E-state index >= 15 is 0 Å². The molecule has 2 heterocycles. The maximum Gasteiger partial charge on any atom is 0.282 e. The molecule has 0 bridgehead atoms. The minimum absolute atomic E-state index is 0.342. The molecule has 7 heteroatoms. The Balaban J connectivity index is 1.78. The van der Waals surface area contributed by atoms with Crippen LogP contribution in [0.1, 0.15) is 18.1 Å². The second-order valence-corrected chi connectivity index (χ2v) is 7.75. The molecule has 0 radical (unpaired) electrons. The van der Waals surface area contributed by atoms with Crippen molar-refractivity contribution in [3.63, 3.8) is 0 Å². The molecule has 0 fully saturated rings. The monoisotopic (exact) mass is 457 g/mol. The smallest absolute Gasteiger partial charge is 0.282 e. The van der Waals surface area contributed by atoms with E-state index in [9.17, 15) is 9.59 Å². The van der Waals surface area contributed by atoms with Crippen LogP contribution in [-0.2, 0) is 16.0 Å². The Kier molecular flexibility index (Phi) is 6.92. The van der Waals surface area contributed by atoms with Gasteiger partial charge in [-0.1, -0.05) is 18.2 Å². The van der Waals surface area contributed by atoms with Crippen molar-refractivity contribution in [1.29, 1.82) is 0 Å². The van der Waals surface area contributed by atoms with E-state index in [2.05, 4.69) is 4.98 Å². The number of amides is 2. The molecule has 0 spiro atoms. The highest BCUT2D eigenvalue weighted by Crippen LogP contribution is 2.38. The maximum absolute atomic E-state index is 13.8. The number of anilines is 1. The summed E-state index contributed by atoms with van der Waals surface area (Å²) >= 11 is 0. The number of para-hydroxylation sites is 1. The number of carbonyl (C=O) groups is 2. The van der Waals surface area contributed by atoms with Crippen molar-refractivity contribution in [2.24, 2.45) is 0 Å². The molecule has 0 saturated carbocycles. The van der Waals surface area contributed by atoms with Gasteiger partial charge in [-0.3, -0.25) is 14.6 Å². The van der Waals surface area contributed by atoms with Crippen LogP contribution < -0.4 is 14.4 Å². The summed E-state index contributed by atoms with van der Waals surface area (Å²) in [5, 5.41) is 0. The Morgan fingerprint density at radius 1 is 0.882 bits per heavy atom. The van der Waals surface area contributed by atoms with Crippen molar-refractivity contribution in [3.8, 4) is 11.5 Å². The second kappa shape index (κ2) is 10.2. The van der Waals surface area contributed by atoms with E-state index in [-0.39, 0.29) is 11.8 Å². The quantitative estimate of drug-likeness (QED) is 0.453. The van der Waals surface area contributed by atoms with Crippen molar-refractivity contribution in [2.45, 2.75) is 13.3 Å². The lowest BCUT2D eigenvalue weighted by Crippen LogP contribution is -2.36. The lowest BCUT2D eigenvalue weighted by atomic mass is 10.0. The third-order valence-electron chi connectivity index (χ3n) is 5.88. The molecule has 0 atom stereocenters. The minimum atomic E-state index is -0.378. The molecule has 1 aliphatic heterocycles. The number of rotatable bonds is 9. The average Bonchev–Trinajstić information content (AvgIpc) is 3.14. The van der Waals surface area contributed by atoms with Crippen molar-refractivity contribution < 1.29 is 19.1 Å². The summed E-state index contributed by atoms with van der Waals surface area (Å²) in [7, 11) is 3.13. The number of benzene rings is 2. The zero-order chi connectivity index (χ0) is 24.1. The van der Waals surface area contributed by atoms with Gasteiger partial charge in [0, 0.05) is 31.0 Å². The van der Waals surface area contributed by atoms with Gasteiger partial charge in [0.25, 0.3) is 11.8 Å². The SMILES string of the molecule is CCN(CCc1ccncc1)C1=C(c2ccccc2OC)C(=O)N(c2ccc(OC)cc2)C1=O. The third-order valence-corrected chi connectivity index (χ3v) is 5.88. The molecule has 0 aliphatic carbocycles. The highest BCUT2D eigenvalue weighted by Gasteiger charge is 2.43. The normalized spacial score (nSPS) is 13.4. The predicted molar refractivity (Wildman–Crippen MR) is 131 cm³/mol. The highest BCUT2D eigenvalue weighted by atomic mass is 16.5. The summed E-state index contributed by atoms with van der Waals surface area (Å²) < 4.78 is 10.8. The van der Waals surface area contributed by atoms with Crippen LogP contribution in [0.25, 0.3) is 5.57 Å². The number of methoxy groups -OCH3 is 2. The Bertz CT molecular complexity index is 1210. The van der Waals surface area contributed by atoms with Crippen LogP contribution in [0.3, 0.4) is 0 Å². The predicted octanol–water partition coefficient (Wildman–Crippen LogP) is 3.95. The molecule has 0 N–H and O–H groups in total. The van der Waals surface area contributed by atoms with E-state index < -0.39 is 0 Å². The van der Waals surface area contributed by atoms with Gasteiger partial charge in [-0.25, -0.2) is 4.90 Å². The minimum Gasteiger partial charge on any atom is -0.497 e. The van der Waals surface area contributed by atoms with E-state index in [4.69, 9.17) is 9.47 Å². The van der Waals surface area contributed by atoms with Gasteiger partial charge in [-0.15, -0.1) is 0 Å². The molecular weight excluding hydrogens is 430 g/mol. The molecule has 3 aromatic rings. The number of likely N-dealkylation sites (N-methyl/N-ethyl adjacent to an activating group) is 1. The lowest BCUT2D eigenvalue weighted by molar-refractivity contribution is -0.120. The largest absolute Gasteiger partial charge is 0.497 e. The molecule has 1 aromatic heterocycles. The van der Waals surface area contributed by atoms with Gasteiger partial charge >= 0.3 is 0 Å². The van der Waals surface area contributed by atoms with Gasteiger partial charge in [-0.2, -0.15) is 0 Å². The Labute approximate surface area is 199 Å². The number of imide groups is 1. The summed E-state index contributed by atoms with van der Waals surface area (Å²) in [5.74, 6) is 0.455. The lowest BCUT2D eigenvalue weighted by Gasteiger charge is -2.25. The van der Waals surface area contributed by atoms with Crippen LogP contribution in [0.15, 0.2) is 78.8 Å². The van der Waals surface area contributed by atoms with Crippen LogP contribution in [0.4, 0.5) is 5.69 Å². The number of pyridine rings is 1. The Morgan fingerprint density at radius 2 is 1.59 bits per heavy atom. The van der Waals surface area contributed by atoms with E-state index in [1.54, 1.807) is 56.9 Å². The molecule has 2 amide bonds. The summed E-state index contributed by atoms with van der Waals surface area (Å²) in [4.78, 5) is 34.8. The summed E-state index contributed by atoms with van der Waals surface area (Å²) in [6.45, 7) is 3.12. The number of ether oxygens (including phenoxy) is 2. The third kappa shape index (κ3) is 4.37. The van der Waals surface area contributed by atoms with Gasteiger partial charge in [0.15, 0.2) is 0 Å². The summed E-state index contributed by atoms with van der Waals surface area (Å²) in [5.41, 5.74) is 2.91. The fourth-order valence-electron chi connectivity index (χ4n) is 4.11. The topological polar surface area (TPSA) is 72.0 Å². The van der Waals surface area contributed by atoms with Gasteiger partial charge < -0.3 is 14.4 Å². The molecule has 7 nitrogen and oxygen atoms in total. The van der Waals surface area contributed by atoms with Crippen molar-refractivity contribution >= 4 is 23.1 Å². The van der Waals surface area contributed by atoms with Gasteiger partial charge in [-0.05, 0) is 61.4 Å². The van der Waals surface area contributed by atoms with Crippen LogP contribution in [0, 0.1) is 0 Å². The molecule has 2 aromatic carbocycles. The van der Waals surface area contributed by atoms with Gasteiger partial charge in [0.1, 0.15) is 17.2 Å². The average molecular weight is 458 g/mol.